The lowest BCUT2D eigenvalue weighted by Gasteiger charge is -2.09. The van der Waals surface area contributed by atoms with Crippen LogP contribution in [0.4, 0.5) is 0 Å². The highest BCUT2D eigenvalue weighted by atomic mass is 32.1. The maximum Gasteiger partial charge on any atom is 0.263 e. The molecule has 0 atom stereocenters. The van der Waals surface area contributed by atoms with Crippen molar-refractivity contribution >= 4 is 17.2 Å². The van der Waals surface area contributed by atoms with Gasteiger partial charge in [0, 0.05) is 17.7 Å². The summed E-state index contributed by atoms with van der Waals surface area (Å²) < 4.78 is 10.5. The molecule has 0 fully saturated rings. The summed E-state index contributed by atoms with van der Waals surface area (Å²) in [7, 11) is 3.25. The maximum atomic E-state index is 12.6. The highest BCUT2D eigenvalue weighted by Crippen LogP contribution is 2.29. The Hall–Kier alpha value is -2.86. The van der Waals surface area contributed by atoms with Crippen molar-refractivity contribution in [2.24, 2.45) is 0 Å². The monoisotopic (exact) mass is 368 g/mol. The molecule has 1 heterocycles. The Kier molecular flexibility index (Phi) is 5.53. The minimum absolute atomic E-state index is 0.134. The lowest BCUT2D eigenvalue weighted by molar-refractivity contribution is 0.0954. The van der Waals surface area contributed by atoms with Gasteiger partial charge in [0.05, 0.1) is 19.9 Å². The normalized spacial score (nSPS) is 10.4. The van der Waals surface area contributed by atoms with Crippen LogP contribution in [0, 0.1) is 6.92 Å². The molecule has 0 spiro atoms. The predicted molar refractivity (Wildman–Crippen MR) is 103 cm³/mol. The van der Waals surface area contributed by atoms with Crippen LogP contribution in [0.3, 0.4) is 0 Å². The largest absolute Gasteiger partial charge is 0.497 e. The maximum absolute atomic E-state index is 12.6. The Morgan fingerprint density at radius 3 is 2.50 bits per heavy atom. The fraction of sp³-hybridized carbons (Fsp3) is 0.200. The van der Waals surface area contributed by atoms with E-state index >= 15 is 0 Å². The first-order chi connectivity index (χ1) is 12.6. The van der Waals surface area contributed by atoms with Crippen molar-refractivity contribution in [3.8, 4) is 22.1 Å². The molecule has 3 aromatic rings. The van der Waals surface area contributed by atoms with Gasteiger partial charge in [0.1, 0.15) is 21.4 Å². The summed E-state index contributed by atoms with van der Waals surface area (Å²) in [6.45, 7) is 2.25. The number of rotatable bonds is 6. The number of aryl methyl sites for hydroxylation is 1. The minimum atomic E-state index is -0.134. The van der Waals surface area contributed by atoms with E-state index in [2.05, 4.69) is 10.3 Å². The topological polar surface area (TPSA) is 60.5 Å². The van der Waals surface area contributed by atoms with E-state index in [4.69, 9.17) is 9.47 Å². The minimum Gasteiger partial charge on any atom is -0.497 e. The van der Waals surface area contributed by atoms with Gasteiger partial charge in [-0.15, -0.1) is 11.3 Å². The number of ether oxygens (including phenoxy) is 2. The van der Waals surface area contributed by atoms with Crippen LogP contribution in [-0.4, -0.2) is 25.1 Å². The van der Waals surface area contributed by atoms with Crippen LogP contribution in [0.1, 0.15) is 20.9 Å². The molecule has 3 rings (SSSR count). The van der Waals surface area contributed by atoms with Crippen LogP contribution < -0.4 is 14.8 Å². The van der Waals surface area contributed by atoms with Crippen molar-refractivity contribution in [3.05, 3.63) is 64.7 Å². The smallest absolute Gasteiger partial charge is 0.263 e. The van der Waals surface area contributed by atoms with E-state index in [1.807, 2.05) is 55.5 Å². The Balaban J connectivity index is 1.74. The number of benzene rings is 2. The van der Waals surface area contributed by atoms with E-state index in [-0.39, 0.29) is 5.91 Å². The molecule has 0 aliphatic heterocycles. The van der Waals surface area contributed by atoms with Crippen LogP contribution in [-0.2, 0) is 6.54 Å². The van der Waals surface area contributed by atoms with Crippen LogP contribution in [0.25, 0.3) is 10.6 Å². The van der Waals surface area contributed by atoms with Gasteiger partial charge in [0.15, 0.2) is 0 Å². The fourth-order valence-electron chi connectivity index (χ4n) is 2.57. The zero-order valence-electron chi connectivity index (χ0n) is 14.9. The molecule has 0 bridgehead atoms. The van der Waals surface area contributed by atoms with E-state index in [0.29, 0.717) is 11.4 Å². The quantitative estimate of drug-likeness (QED) is 0.713. The van der Waals surface area contributed by atoms with Gasteiger partial charge in [0.2, 0.25) is 0 Å². The Morgan fingerprint density at radius 1 is 1.08 bits per heavy atom. The van der Waals surface area contributed by atoms with Crippen LogP contribution in [0.2, 0.25) is 0 Å². The first kappa shape index (κ1) is 17.9. The summed E-state index contributed by atoms with van der Waals surface area (Å²) in [4.78, 5) is 17.7. The van der Waals surface area contributed by atoms with E-state index in [1.165, 1.54) is 11.3 Å². The average Bonchev–Trinajstić information content (AvgIpc) is 3.08. The average molecular weight is 368 g/mol. The molecule has 134 valence electrons. The molecule has 0 saturated heterocycles. The number of hydrogen-bond acceptors (Lipinski definition) is 5. The van der Waals surface area contributed by atoms with Crippen molar-refractivity contribution < 1.29 is 14.3 Å². The Labute approximate surface area is 156 Å². The second-order valence-corrected chi connectivity index (χ2v) is 6.66. The van der Waals surface area contributed by atoms with Gasteiger partial charge in [-0.25, -0.2) is 4.98 Å². The zero-order valence-corrected chi connectivity index (χ0v) is 15.7. The first-order valence-corrected chi connectivity index (χ1v) is 8.96. The molecule has 26 heavy (non-hydrogen) atoms. The number of amides is 1. The number of methoxy groups -OCH3 is 2. The summed E-state index contributed by atoms with van der Waals surface area (Å²) >= 11 is 1.38. The third-order valence-electron chi connectivity index (χ3n) is 3.97. The summed E-state index contributed by atoms with van der Waals surface area (Å²) in [6, 6.07) is 15.3. The van der Waals surface area contributed by atoms with E-state index in [0.717, 1.165) is 33.3 Å². The number of nitrogens with zero attached hydrogens (tertiary/aromatic N) is 1. The number of carbonyl (C=O) groups excluding carboxylic acids is 1. The summed E-state index contributed by atoms with van der Waals surface area (Å²) in [5, 5.41) is 3.76. The van der Waals surface area contributed by atoms with Crippen molar-refractivity contribution in [3.63, 3.8) is 0 Å². The van der Waals surface area contributed by atoms with Crippen LogP contribution >= 0.6 is 11.3 Å². The van der Waals surface area contributed by atoms with Crippen molar-refractivity contribution in [2.45, 2.75) is 13.5 Å². The molecule has 0 unspecified atom stereocenters. The first-order valence-electron chi connectivity index (χ1n) is 8.14. The van der Waals surface area contributed by atoms with Gasteiger partial charge < -0.3 is 14.8 Å². The van der Waals surface area contributed by atoms with Crippen LogP contribution in [0.5, 0.6) is 11.5 Å². The SMILES string of the molecule is COc1ccc(-c2nc(C)c(C(=O)NCc3ccccc3OC)s2)cc1. The fourth-order valence-corrected chi connectivity index (χ4v) is 3.56. The van der Waals surface area contributed by atoms with Crippen molar-refractivity contribution in [2.75, 3.05) is 14.2 Å². The highest BCUT2D eigenvalue weighted by molar-refractivity contribution is 7.17. The summed E-state index contributed by atoms with van der Waals surface area (Å²) in [5.41, 5.74) is 2.61. The van der Waals surface area contributed by atoms with Crippen molar-refractivity contribution in [1.82, 2.24) is 10.3 Å². The molecule has 1 aromatic heterocycles. The number of nitrogens with one attached hydrogen (secondary N) is 1. The van der Waals surface area contributed by atoms with Gasteiger partial charge in [-0.2, -0.15) is 0 Å². The zero-order chi connectivity index (χ0) is 18.5. The molecule has 0 saturated carbocycles. The molecule has 2 aromatic carbocycles. The number of carbonyl (C=O) groups is 1. The molecule has 5 nitrogen and oxygen atoms in total. The Morgan fingerprint density at radius 2 is 1.81 bits per heavy atom. The second kappa shape index (κ2) is 8.01. The standard InChI is InChI=1S/C20H20N2O3S/c1-13-18(19(23)21-12-15-6-4-5-7-17(15)25-3)26-20(22-13)14-8-10-16(24-2)11-9-14/h4-11H,12H2,1-3H3,(H,21,23). The lowest BCUT2D eigenvalue weighted by atomic mass is 10.2. The van der Waals surface area contributed by atoms with Gasteiger partial charge >= 0.3 is 0 Å². The summed E-state index contributed by atoms with van der Waals surface area (Å²) in [6.07, 6.45) is 0. The molecule has 1 N–H and O–H groups in total. The molecule has 0 radical (unpaired) electrons. The molecule has 6 heteroatoms. The predicted octanol–water partition coefficient (Wildman–Crippen LogP) is 4.07. The molecule has 0 aliphatic carbocycles. The van der Waals surface area contributed by atoms with Crippen molar-refractivity contribution in [1.29, 1.82) is 0 Å². The number of para-hydroxylation sites is 1. The summed E-state index contributed by atoms with van der Waals surface area (Å²) in [5.74, 6) is 1.41. The molecule has 1 amide bonds. The number of aromatic nitrogens is 1. The number of thiazole rings is 1. The number of hydrogen-bond donors (Lipinski definition) is 1. The van der Waals surface area contributed by atoms with Gasteiger partial charge in [-0.1, -0.05) is 18.2 Å². The van der Waals surface area contributed by atoms with Crippen LogP contribution in [0.15, 0.2) is 48.5 Å². The van der Waals surface area contributed by atoms with E-state index in [1.54, 1.807) is 14.2 Å². The highest BCUT2D eigenvalue weighted by Gasteiger charge is 2.16. The molecular formula is C20H20N2O3S. The lowest BCUT2D eigenvalue weighted by Crippen LogP contribution is -2.22. The van der Waals surface area contributed by atoms with Gasteiger partial charge in [-0.05, 0) is 37.3 Å². The van der Waals surface area contributed by atoms with Gasteiger partial charge in [0.25, 0.3) is 5.91 Å². The third kappa shape index (κ3) is 3.86. The molecular weight excluding hydrogens is 348 g/mol. The third-order valence-corrected chi connectivity index (χ3v) is 5.18. The van der Waals surface area contributed by atoms with E-state index in [9.17, 15) is 4.79 Å². The second-order valence-electron chi connectivity index (χ2n) is 5.66. The molecule has 0 aliphatic rings. The van der Waals surface area contributed by atoms with Gasteiger partial charge in [-0.3, -0.25) is 4.79 Å². The Bertz CT molecular complexity index is 904. The van der Waals surface area contributed by atoms with E-state index < -0.39 is 0 Å².